The van der Waals surface area contributed by atoms with Crippen molar-refractivity contribution >= 4 is 21.8 Å². The van der Waals surface area contributed by atoms with Crippen LogP contribution in [0.2, 0.25) is 0 Å². The van der Waals surface area contributed by atoms with Gasteiger partial charge >= 0.3 is 0 Å². The Bertz CT molecular complexity index is 901. The van der Waals surface area contributed by atoms with E-state index in [1.54, 1.807) is 0 Å². The Kier molecular flexibility index (Phi) is 2.40. The molecule has 0 spiro atoms. The highest BCUT2D eigenvalue weighted by molar-refractivity contribution is 6.09. The summed E-state index contributed by atoms with van der Waals surface area (Å²) in [5.41, 5.74) is 6.26. The maximum atomic E-state index is 3.52. The number of para-hydroxylation sites is 1. The average Bonchev–Trinajstić information content (AvgIpc) is 2.88. The number of fused-ring (bicyclic) bond motifs is 3. The van der Waals surface area contributed by atoms with Crippen LogP contribution in [0.3, 0.4) is 0 Å². The van der Waals surface area contributed by atoms with E-state index in [0.717, 1.165) is 0 Å². The first-order chi connectivity index (χ1) is 9.83. The SMILES string of the molecule is Cc1cccc2c1[nH]c1ccc(-c3ccccc3)cc12. The number of nitrogens with one attached hydrogen (secondary N) is 1. The summed E-state index contributed by atoms with van der Waals surface area (Å²) < 4.78 is 0. The number of aromatic nitrogens is 1. The van der Waals surface area contributed by atoms with Crippen LogP contribution >= 0.6 is 0 Å². The number of hydrogen-bond acceptors (Lipinski definition) is 0. The topological polar surface area (TPSA) is 15.8 Å². The normalized spacial score (nSPS) is 11.2. The van der Waals surface area contributed by atoms with E-state index in [9.17, 15) is 0 Å². The molecule has 0 atom stereocenters. The Hall–Kier alpha value is -2.54. The molecule has 0 unspecified atom stereocenters. The molecule has 1 heterocycles. The lowest BCUT2D eigenvalue weighted by Crippen LogP contribution is -1.76. The van der Waals surface area contributed by atoms with Crippen LogP contribution in [0.15, 0.2) is 66.7 Å². The van der Waals surface area contributed by atoms with Gasteiger partial charge in [-0.2, -0.15) is 0 Å². The van der Waals surface area contributed by atoms with E-state index in [2.05, 4.69) is 78.6 Å². The minimum atomic E-state index is 1.20. The number of aromatic amines is 1. The average molecular weight is 257 g/mol. The maximum Gasteiger partial charge on any atom is 0.0494 e. The summed E-state index contributed by atoms with van der Waals surface area (Å²) in [5, 5.41) is 2.60. The second-order valence-electron chi connectivity index (χ2n) is 5.25. The van der Waals surface area contributed by atoms with Crippen molar-refractivity contribution in [1.82, 2.24) is 4.98 Å². The van der Waals surface area contributed by atoms with Crippen molar-refractivity contribution in [3.63, 3.8) is 0 Å². The van der Waals surface area contributed by atoms with Gasteiger partial charge in [-0.3, -0.25) is 0 Å². The summed E-state index contributed by atoms with van der Waals surface area (Å²) in [6.45, 7) is 2.15. The molecule has 96 valence electrons. The lowest BCUT2D eigenvalue weighted by Gasteiger charge is -2.01. The molecular formula is C19H15N. The fourth-order valence-electron chi connectivity index (χ4n) is 2.88. The molecule has 0 bridgehead atoms. The third kappa shape index (κ3) is 1.64. The quantitative estimate of drug-likeness (QED) is 0.476. The minimum absolute atomic E-state index is 1.20. The largest absolute Gasteiger partial charge is 0.354 e. The smallest absolute Gasteiger partial charge is 0.0494 e. The van der Waals surface area contributed by atoms with Crippen LogP contribution in [0.5, 0.6) is 0 Å². The van der Waals surface area contributed by atoms with Gasteiger partial charge in [0.15, 0.2) is 0 Å². The lowest BCUT2D eigenvalue weighted by atomic mass is 10.0. The molecule has 0 saturated carbocycles. The molecule has 4 aromatic rings. The molecule has 4 rings (SSSR count). The number of aryl methyl sites for hydroxylation is 1. The summed E-state index contributed by atoms with van der Waals surface area (Å²) in [6, 6.07) is 23.6. The molecule has 3 aromatic carbocycles. The monoisotopic (exact) mass is 257 g/mol. The van der Waals surface area contributed by atoms with E-state index >= 15 is 0 Å². The number of rotatable bonds is 1. The van der Waals surface area contributed by atoms with Crippen molar-refractivity contribution < 1.29 is 0 Å². The summed E-state index contributed by atoms with van der Waals surface area (Å²) in [4.78, 5) is 3.52. The number of benzene rings is 3. The van der Waals surface area contributed by atoms with Gasteiger partial charge in [0.25, 0.3) is 0 Å². The van der Waals surface area contributed by atoms with E-state index in [1.165, 1.54) is 38.5 Å². The van der Waals surface area contributed by atoms with Crippen molar-refractivity contribution in [3.05, 3.63) is 72.3 Å². The highest BCUT2D eigenvalue weighted by atomic mass is 14.7. The van der Waals surface area contributed by atoms with Crippen molar-refractivity contribution in [2.75, 3.05) is 0 Å². The van der Waals surface area contributed by atoms with Gasteiger partial charge in [0.2, 0.25) is 0 Å². The van der Waals surface area contributed by atoms with Crippen LogP contribution in [0, 0.1) is 6.92 Å². The van der Waals surface area contributed by atoms with Gasteiger partial charge in [0.05, 0.1) is 0 Å². The van der Waals surface area contributed by atoms with E-state index in [1.807, 2.05) is 0 Å². The molecule has 20 heavy (non-hydrogen) atoms. The summed E-state index contributed by atoms with van der Waals surface area (Å²) in [5.74, 6) is 0. The fraction of sp³-hybridized carbons (Fsp3) is 0.0526. The first-order valence-electron chi connectivity index (χ1n) is 6.89. The molecule has 0 aliphatic rings. The number of hydrogen-bond donors (Lipinski definition) is 1. The van der Waals surface area contributed by atoms with Gasteiger partial charge in [0, 0.05) is 21.8 Å². The Balaban J connectivity index is 2.04. The predicted molar refractivity (Wildman–Crippen MR) is 86.0 cm³/mol. The molecule has 1 aromatic heterocycles. The zero-order chi connectivity index (χ0) is 13.5. The van der Waals surface area contributed by atoms with Gasteiger partial charge in [-0.1, -0.05) is 54.6 Å². The van der Waals surface area contributed by atoms with Crippen molar-refractivity contribution in [3.8, 4) is 11.1 Å². The molecule has 0 aliphatic carbocycles. The molecule has 0 radical (unpaired) electrons. The standard InChI is InChI=1S/C19H15N/c1-13-6-5-9-16-17-12-15(14-7-3-2-4-8-14)10-11-18(17)20-19(13)16/h2-12,20H,1H3. The second kappa shape index (κ2) is 4.24. The lowest BCUT2D eigenvalue weighted by molar-refractivity contribution is 1.45. The summed E-state index contributed by atoms with van der Waals surface area (Å²) in [7, 11) is 0. The van der Waals surface area contributed by atoms with Gasteiger partial charge in [0.1, 0.15) is 0 Å². The van der Waals surface area contributed by atoms with Crippen molar-refractivity contribution in [1.29, 1.82) is 0 Å². The minimum Gasteiger partial charge on any atom is -0.354 e. The van der Waals surface area contributed by atoms with Gasteiger partial charge < -0.3 is 4.98 Å². The molecule has 0 aliphatic heterocycles. The van der Waals surface area contributed by atoms with E-state index in [0.29, 0.717) is 0 Å². The van der Waals surface area contributed by atoms with Crippen LogP contribution in [-0.4, -0.2) is 4.98 Å². The highest BCUT2D eigenvalue weighted by Crippen LogP contribution is 2.31. The maximum absolute atomic E-state index is 3.52. The van der Waals surface area contributed by atoms with E-state index in [-0.39, 0.29) is 0 Å². The molecular weight excluding hydrogens is 242 g/mol. The predicted octanol–water partition coefficient (Wildman–Crippen LogP) is 5.30. The molecule has 0 amide bonds. The first-order valence-corrected chi connectivity index (χ1v) is 6.89. The van der Waals surface area contributed by atoms with Crippen LogP contribution in [0.1, 0.15) is 5.56 Å². The summed E-state index contributed by atoms with van der Waals surface area (Å²) >= 11 is 0. The fourth-order valence-corrected chi connectivity index (χ4v) is 2.88. The number of H-pyrrole nitrogens is 1. The van der Waals surface area contributed by atoms with Crippen LogP contribution < -0.4 is 0 Å². The van der Waals surface area contributed by atoms with Gasteiger partial charge in [-0.25, -0.2) is 0 Å². The van der Waals surface area contributed by atoms with Crippen molar-refractivity contribution in [2.24, 2.45) is 0 Å². The van der Waals surface area contributed by atoms with Gasteiger partial charge in [-0.15, -0.1) is 0 Å². The molecule has 0 fully saturated rings. The van der Waals surface area contributed by atoms with Crippen LogP contribution in [0.4, 0.5) is 0 Å². The molecule has 1 heteroatoms. The van der Waals surface area contributed by atoms with Crippen molar-refractivity contribution in [2.45, 2.75) is 6.92 Å². The Labute approximate surface area is 117 Å². The Morgan fingerprint density at radius 3 is 2.40 bits per heavy atom. The Morgan fingerprint density at radius 2 is 1.55 bits per heavy atom. The zero-order valence-electron chi connectivity index (χ0n) is 11.4. The van der Waals surface area contributed by atoms with Gasteiger partial charge in [-0.05, 0) is 35.7 Å². The third-order valence-electron chi connectivity index (χ3n) is 3.95. The third-order valence-corrected chi connectivity index (χ3v) is 3.95. The van der Waals surface area contributed by atoms with E-state index < -0.39 is 0 Å². The first kappa shape index (κ1) is 11.3. The second-order valence-corrected chi connectivity index (χ2v) is 5.25. The Morgan fingerprint density at radius 1 is 0.700 bits per heavy atom. The summed E-state index contributed by atoms with van der Waals surface area (Å²) in [6.07, 6.45) is 0. The molecule has 0 saturated heterocycles. The van der Waals surface area contributed by atoms with Crippen LogP contribution in [-0.2, 0) is 0 Å². The zero-order valence-corrected chi connectivity index (χ0v) is 11.4. The van der Waals surface area contributed by atoms with E-state index in [4.69, 9.17) is 0 Å². The highest BCUT2D eigenvalue weighted by Gasteiger charge is 2.07. The molecule has 1 nitrogen and oxygen atoms in total. The molecule has 1 N–H and O–H groups in total. The van der Waals surface area contributed by atoms with Crippen LogP contribution in [0.25, 0.3) is 32.9 Å².